The Kier molecular flexibility index (Phi) is 9.97. The van der Waals surface area contributed by atoms with E-state index >= 15 is 0 Å². The van der Waals surface area contributed by atoms with E-state index in [9.17, 15) is 43.9 Å². The molecule has 5 unspecified atom stereocenters. The number of phenolic OH excluding ortho intramolecular Hbond substituents is 2. The quantitative estimate of drug-likeness (QED) is 0.0637. The Labute approximate surface area is 262 Å². The van der Waals surface area contributed by atoms with Crippen molar-refractivity contribution in [3.8, 4) is 34.0 Å². The number of H-pyrrole nitrogens is 1. The number of aromatic amines is 1. The van der Waals surface area contributed by atoms with Gasteiger partial charge in [-0.05, 0) is 61.0 Å². The summed E-state index contributed by atoms with van der Waals surface area (Å²) in [6, 6.07) is 10.7. The fraction of sp³-hybridized carbons (Fsp3) is 0.276. The molecule has 0 radical (unpaired) electrons. The zero-order chi connectivity index (χ0) is 34.1. The van der Waals surface area contributed by atoms with Gasteiger partial charge < -0.3 is 51.8 Å². The number of aromatic hydroxyl groups is 2. The van der Waals surface area contributed by atoms with Crippen molar-refractivity contribution in [2.24, 2.45) is 10.9 Å². The van der Waals surface area contributed by atoms with Crippen LogP contribution in [0.15, 0.2) is 53.4 Å². The van der Waals surface area contributed by atoms with Crippen LogP contribution in [0.5, 0.6) is 11.5 Å². The normalized spacial score (nSPS) is 15.2. The number of aromatic nitrogens is 2. The molecule has 0 saturated heterocycles. The lowest BCUT2D eigenvalue weighted by Crippen LogP contribution is -2.50. The molecule has 1 aromatic heterocycles. The number of aliphatic hydroxyl groups is 5. The second kappa shape index (κ2) is 13.4. The molecule has 14 N–H and O–H groups in total. The molecule has 1 heterocycles. The summed E-state index contributed by atoms with van der Waals surface area (Å²) in [7, 11) is -4.22. The first-order chi connectivity index (χ1) is 21.5. The van der Waals surface area contributed by atoms with Gasteiger partial charge in [0.15, 0.2) is 0 Å². The Morgan fingerprint density at radius 1 is 0.978 bits per heavy atom. The molecule has 0 fully saturated rings. The van der Waals surface area contributed by atoms with E-state index < -0.39 is 70.9 Å². The Balaban J connectivity index is 1.79. The van der Waals surface area contributed by atoms with Crippen molar-refractivity contribution in [1.82, 2.24) is 15.3 Å². The first-order valence-electron chi connectivity index (χ1n) is 13.7. The van der Waals surface area contributed by atoms with Crippen molar-refractivity contribution >= 4 is 32.8 Å². The van der Waals surface area contributed by atoms with E-state index in [4.69, 9.17) is 21.4 Å². The molecule has 46 heavy (non-hydrogen) atoms. The van der Waals surface area contributed by atoms with Crippen LogP contribution in [0.4, 0.5) is 0 Å². The van der Waals surface area contributed by atoms with Gasteiger partial charge in [-0.1, -0.05) is 0 Å². The van der Waals surface area contributed by atoms with Gasteiger partial charge in [-0.25, -0.2) is 18.5 Å². The van der Waals surface area contributed by atoms with Gasteiger partial charge in [0.1, 0.15) is 41.5 Å². The van der Waals surface area contributed by atoms with Gasteiger partial charge in [0.25, 0.3) is 0 Å². The van der Waals surface area contributed by atoms with Crippen LogP contribution in [0, 0.1) is 5.41 Å². The van der Waals surface area contributed by atoms with E-state index in [0.717, 1.165) is 18.2 Å². The molecule has 0 aliphatic rings. The SMILES string of the molecule is CC(C(=O)NCC(O)C(O)C(O)C(O)CO)c1cc(-c2nc3ccc(C(=N)N)cc3[nH]2)c(O)c(-c2cc(S(N)(=O)=O)ccc2O)c1. The van der Waals surface area contributed by atoms with Crippen LogP contribution in [0.3, 0.4) is 0 Å². The molecule has 17 heteroatoms. The number of hydrogen-bond acceptors (Lipinski definition) is 12. The fourth-order valence-electron chi connectivity index (χ4n) is 4.70. The Bertz CT molecular complexity index is 1900. The Morgan fingerprint density at radius 3 is 2.26 bits per heavy atom. The smallest absolute Gasteiger partial charge is 0.238 e. The average molecular weight is 659 g/mol. The zero-order valence-electron chi connectivity index (χ0n) is 24.3. The number of amidine groups is 1. The van der Waals surface area contributed by atoms with Crippen molar-refractivity contribution in [1.29, 1.82) is 5.41 Å². The lowest BCUT2D eigenvalue weighted by Gasteiger charge is -2.26. The van der Waals surface area contributed by atoms with Gasteiger partial charge in [-0.2, -0.15) is 0 Å². The number of primary sulfonamides is 1. The minimum atomic E-state index is -4.22. The van der Waals surface area contributed by atoms with Gasteiger partial charge in [0.05, 0.1) is 40.1 Å². The van der Waals surface area contributed by atoms with Gasteiger partial charge in [0.2, 0.25) is 15.9 Å². The highest BCUT2D eigenvalue weighted by atomic mass is 32.2. The molecular weight excluding hydrogens is 624 g/mol. The monoisotopic (exact) mass is 658 g/mol. The summed E-state index contributed by atoms with van der Waals surface area (Å²) < 4.78 is 24.1. The minimum absolute atomic E-state index is 0.0460. The summed E-state index contributed by atoms with van der Waals surface area (Å²) in [5.74, 6) is -2.66. The number of amides is 1. The summed E-state index contributed by atoms with van der Waals surface area (Å²) in [5, 5.41) is 86.2. The molecule has 1 amide bonds. The molecule has 0 bridgehead atoms. The molecule has 0 aliphatic carbocycles. The molecule has 16 nitrogen and oxygen atoms in total. The van der Waals surface area contributed by atoms with Crippen molar-refractivity contribution in [2.45, 2.75) is 42.2 Å². The van der Waals surface area contributed by atoms with Gasteiger partial charge in [-0.3, -0.25) is 10.2 Å². The van der Waals surface area contributed by atoms with E-state index in [1.54, 1.807) is 18.2 Å². The third-order valence-electron chi connectivity index (χ3n) is 7.47. The number of fused-ring (bicyclic) bond motifs is 1. The van der Waals surface area contributed by atoms with Crippen LogP contribution in [0.2, 0.25) is 0 Å². The number of imidazole rings is 1. The number of rotatable bonds is 12. The predicted octanol–water partition coefficient (Wildman–Crippen LogP) is -1.10. The number of nitrogens with one attached hydrogen (secondary N) is 3. The molecule has 0 spiro atoms. The van der Waals surface area contributed by atoms with Gasteiger partial charge in [-0.15, -0.1) is 0 Å². The van der Waals surface area contributed by atoms with Crippen LogP contribution in [0.1, 0.15) is 24.0 Å². The van der Waals surface area contributed by atoms with E-state index in [1.165, 1.54) is 19.1 Å². The molecule has 4 rings (SSSR count). The third-order valence-corrected chi connectivity index (χ3v) is 8.38. The fourth-order valence-corrected chi connectivity index (χ4v) is 5.24. The van der Waals surface area contributed by atoms with E-state index in [2.05, 4.69) is 15.3 Å². The molecule has 5 atom stereocenters. The van der Waals surface area contributed by atoms with Gasteiger partial charge >= 0.3 is 0 Å². The van der Waals surface area contributed by atoms with Crippen molar-refractivity contribution in [3.05, 3.63) is 59.7 Å². The largest absolute Gasteiger partial charge is 0.507 e. The number of hydrogen-bond donors (Lipinski definition) is 12. The minimum Gasteiger partial charge on any atom is -0.507 e. The maximum absolute atomic E-state index is 13.2. The summed E-state index contributed by atoms with van der Waals surface area (Å²) in [5.41, 5.74) is 6.96. The van der Waals surface area contributed by atoms with Crippen LogP contribution in [0.25, 0.3) is 33.5 Å². The highest BCUT2D eigenvalue weighted by Gasteiger charge is 2.31. The second-order valence-electron chi connectivity index (χ2n) is 10.7. The number of carbonyl (C=O) groups is 1. The Morgan fingerprint density at radius 2 is 1.63 bits per heavy atom. The lowest BCUT2D eigenvalue weighted by atomic mass is 9.91. The van der Waals surface area contributed by atoms with E-state index in [-0.39, 0.29) is 38.8 Å². The zero-order valence-corrected chi connectivity index (χ0v) is 25.1. The molecule has 0 aliphatic heterocycles. The summed E-state index contributed by atoms with van der Waals surface area (Å²) in [4.78, 5) is 20.3. The standard InChI is InChI=1S/C29H34N6O10S/c1-12(29(43)33-10-22(38)25(41)26(42)23(39)11-36)14-6-17(16-9-15(46(32,44)45)3-5-21(16)37)24(40)18(7-14)28-34-19-4-2-13(27(30)31)8-20(19)35-28/h2-9,12,22-23,25-26,36-42H,10-11H2,1H3,(H3,30,31)(H,33,43)(H,34,35)(H2,32,44,45). The molecular formula is C29H34N6O10S. The highest BCUT2D eigenvalue weighted by molar-refractivity contribution is 7.89. The number of aliphatic hydroxyl groups excluding tert-OH is 5. The summed E-state index contributed by atoms with van der Waals surface area (Å²) in [6.45, 7) is 0.0378. The van der Waals surface area contributed by atoms with Gasteiger partial charge in [0, 0.05) is 23.2 Å². The number of phenols is 2. The number of nitrogens with two attached hydrogens (primary N) is 2. The number of nitrogen functional groups attached to an aromatic ring is 1. The van der Waals surface area contributed by atoms with Crippen LogP contribution >= 0.6 is 0 Å². The van der Waals surface area contributed by atoms with Crippen molar-refractivity contribution in [3.63, 3.8) is 0 Å². The van der Waals surface area contributed by atoms with E-state index in [1.807, 2.05) is 0 Å². The molecule has 3 aromatic carbocycles. The first kappa shape index (κ1) is 34.3. The van der Waals surface area contributed by atoms with Crippen LogP contribution < -0.4 is 16.2 Å². The summed E-state index contributed by atoms with van der Waals surface area (Å²) in [6.07, 6.45) is -7.26. The number of nitrogens with zero attached hydrogens (tertiary/aromatic N) is 1. The third kappa shape index (κ3) is 7.10. The van der Waals surface area contributed by atoms with Crippen LogP contribution in [-0.4, -0.2) is 103 Å². The maximum atomic E-state index is 13.2. The topological polar surface area (TPSA) is 309 Å². The average Bonchev–Trinajstić information content (AvgIpc) is 3.45. The summed E-state index contributed by atoms with van der Waals surface area (Å²) >= 11 is 0. The molecule has 4 aromatic rings. The first-order valence-corrected chi connectivity index (χ1v) is 15.3. The maximum Gasteiger partial charge on any atom is 0.238 e. The number of carbonyl (C=O) groups excluding carboxylic acids is 1. The Hall–Kier alpha value is -4.62. The van der Waals surface area contributed by atoms with Crippen molar-refractivity contribution < 1.29 is 49.0 Å². The van der Waals surface area contributed by atoms with Crippen molar-refractivity contribution in [2.75, 3.05) is 13.2 Å². The number of sulfonamides is 1. The second-order valence-corrected chi connectivity index (χ2v) is 12.2. The number of benzene rings is 3. The molecule has 246 valence electrons. The highest BCUT2D eigenvalue weighted by Crippen LogP contribution is 2.44. The predicted molar refractivity (Wildman–Crippen MR) is 165 cm³/mol. The van der Waals surface area contributed by atoms with E-state index in [0.29, 0.717) is 16.6 Å². The van der Waals surface area contributed by atoms with Crippen LogP contribution in [-0.2, 0) is 14.8 Å². The lowest BCUT2D eigenvalue weighted by molar-refractivity contribution is -0.126. The molecule has 0 saturated carbocycles.